The number of carbonyl (C=O) groups is 3. The number of fused-ring (bicyclic) bond motifs is 5. The zero-order valence-electron chi connectivity index (χ0n) is 23.7. The number of methoxy groups -OCH3 is 1. The molecule has 6 nitrogen and oxygen atoms in total. The van der Waals surface area contributed by atoms with Crippen molar-refractivity contribution in [1.29, 1.82) is 0 Å². The highest BCUT2D eigenvalue weighted by atomic mass is 16.6. The molecule has 9 atom stereocenters. The molecule has 0 radical (unpaired) electrons. The monoisotopic (exact) mass is 503 g/mol. The second kappa shape index (κ2) is 10.0. The van der Waals surface area contributed by atoms with Gasteiger partial charge < -0.3 is 9.47 Å². The van der Waals surface area contributed by atoms with Gasteiger partial charge in [0.05, 0.1) is 13.7 Å². The van der Waals surface area contributed by atoms with Crippen LogP contribution in [0.25, 0.3) is 0 Å². The predicted octanol–water partition coefficient (Wildman–Crippen LogP) is 5.32. The average Bonchev–Trinajstić information content (AvgIpc) is 3.16. The molecule has 0 saturated heterocycles. The van der Waals surface area contributed by atoms with Crippen molar-refractivity contribution in [2.45, 2.75) is 111 Å². The number of carbonyl (C=O) groups excluding carboxylic acids is 3. The largest absolute Gasteiger partial charge is 0.468 e. The SMILES string of the molecule is COC(=O)[C@@H](NCC(=O)O[C@]1(C)CC[C@@]2(C)[C@@H](CC[C@@H]3[C@@H]2CC[C@]2(C)[C@@H](C(C)=O)CC[C@@H]32)C1)C(C)C. The van der Waals surface area contributed by atoms with E-state index in [1.165, 1.54) is 39.2 Å². The first kappa shape index (κ1) is 27.6. The van der Waals surface area contributed by atoms with Gasteiger partial charge >= 0.3 is 11.9 Å². The lowest BCUT2D eigenvalue weighted by Crippen LogP contribution is -2.56. The highest BCUT2D eigenvalue weighted by molar-refractivity contribution is 5.79. The van der Waals surface area contributed by atoms with Crippen LogP contribution in [0.3, 0.4) is 0 Å². The zero-order valence-corrected chi connectivity index (χ0v) is 23.7. The van der Waals surface area contributed by atoms with Crippen molar-refractivity contribution in [3.8, 4) is 0 Å². The lowest BCUT2D eigenvalue weighted by Gasteiger charge is -2.62. The van der Waals surface area contributed by atoms with Crippen molar-refractivity contribution in [3.05, 3.63) is 0 Å². The fraction of sp³-hybridized carbons (Fsp3) is 0.900. The minimum atomic E-state index is -0.518. The molecule has 0 aromatic heterocycles. The first-order chi connectivity index (χ1) is 16.8. The van der Waals surface area contributed by atoms with Gasteiger partial charge in [-0.3, -0.25) is 19.7 Å². The number of hydrogen-bond acceptors (Lipinski definition) is 6. The minimum absolute atomic E-state index is 0.0117. The molecular formula is C30H49NO5. The Hall–Kier alpha value is -1.43. The fourth-order valence-corrected chi connectivity index (χ4v) is 9.40. The van der Waals surface area contributed by atoms with Gasteiger partial charge in [0.2, 0.25) is 0 Å². The van der Waals surface area contributed by atoms with Gasteiger partial charge in [-0.2, -0.15) is 0 Å². The Morgan fingerprint density at radius 2 is 1.61 bits per heavy atom. The second-order valence-electron chi connectivity index (χ2n) is 13.7. The van der Waals surface area contributed by atoms with Gasteiger partial charge in [0.1, 0.15) is 17.4 Å². The fourth-order valence-electron chi connectivity index (χ4n) is 9.40. The standard InChI is InChI=1S/C30H49NO5/c1-18(2)26(27(34)35-7)31-17-25(33)36-28(4)14-15-29(5)20(16-28)8-9-21-23-11-10-22(19(3)32)30(23,6)13-12-24(21)29/h18,20-24,26,31H,8-17H2,1-7H3/t20-,21-,22+,23-,24-,26-,28+,29-,30+/m0/s1. The van der Waals surface area contributed by atoms with Gasteiger partial charge in [-0.05, 0) is 112 Å². The Balaban J connectivity index is 1.39. The number of rotatable bonds is 7. The van der Waals surface area contributed by atoms with Gasteiger partial charge in [-0.1, -0.05) is 27.7 Å². The predicted molar refractivity (Wildman–Crippen MR) is 139 cm³/mol. The minimum Gasteiger partial charge on any atom is -0.468 e. The van der Waals surface area contributed by atoms with E-state index in [4.69, 9.17) is 9.47 Å². The van der Waals surface area contributed by atoms with Crippen molar-refractivity contribution in [2.75, 3.05) is 13.7 Å². The molecule has 0 amide bonds. The van der Waals surface area contributed by atoms with E-state index in [0.717, 1.165) is 31.6 Å². The van der Waals surface area contributed by atoms with Crippen LogP contribution in [0, 0.1) is 46.3 Å². The summed E-state index contributed by atoms with van der Waals surface area (Å²) in [6.45, 7) is 12.7. The summed E-state index contributed by atoms with van der Waals surface area (Å²) in [4.78, 5) is 37.2. The number of ketones is 1. The Morgan fingerprint density at radius 1 is 0.917 bits per heavy atom. The second-order valence-corrected chi connectivity index (χ2v) is 13.7. The van der Waals surface area contributed by atoms with Gasteiger partial charge in [-0.25, -0.2) is 0 Å². The van der Waals surface area contributed by atoms with Crippen molar-refractivity contribution >= 4 is 17.7 Å². The maximum Gasteiger partial charge on any atom is 0.323 e. The third-order valence-corrected chi connectivity index (χ3v) is 11.4. The van der Waals surface area contributed by atoms with Crippen LogP contribution in [0.5, 0.6) is 0 Å². The number of ether oxygens (including phenoxy) is 2. The molecule has 204 valence electrons. The number of Topliss-reactive ketones (excluding diaryl/α,β-unsaturated/α-hetero) is 1. The van der Waals surface area contributed by atoms with Crippen molar-refractivity contribution < 1.29 is 23.9 Å². The van der Waals surface area contributed by atoms with E-state index in [1.807, 2.05) is 13.8 Å². The smallest absolute Gasteiger partial charge is 0.323 e. The molecule has 1 N–H and O–H groups in total. The average molecular weight is 504 g/mol. The van der Waals surface area contributed by atoms with E-state index >= 15 is 0 Å². The molecule has 0 aromatic rings. The maximum atomic E-state index is 12.8. The molecule has 4 saturated carbocycles. The Bertz CT molecular complexity index is 871. The summed E-state index contributed by atoms with van der Waals surface area (Å²) in [6.07, 6.45) is 10.0. The van der Waals surface area contributed by atoms with E-state index in [0.29, 0.717) is 23.5 Å². The van der Waals surface area contributed by atoms with E-state index in [2.05, 4.69) is 26.1 Å². The summed E-state index contributed by atoms with van der Waals surface area (Å²) in [5.41, 5.74) is 0.0287. The van der Waals surface area contributed by atoms with Gasteiger partial charge in [0.25, 0.3) is 0 Å². The third-order valence-electron chi connectivity index (χ3n) is 11.4. The van der Waals surface area contributed by atoms with Crippen LogP contribution in [-0.2, 0) is 23.9 Å². The van der Waals surface area contributed by atoms with Crippen LogP contribution in [0.1, 0.15) is 99.3 Å². The van der Waals surface area contributed by atoms with Crippen LogP contribution in [0.15, 0.2) is 0 Å². The molecule has 4 fully saturated rings. The molecule has 0 heterocycles. The highest BCUT2D eigenvalue weighted by Gasteiger charge is 2.61. The number of nitrogens with one attached hydrogen (secondary N) is 1. The molecule has 4 aliphatic rings. The quantitative estimate of drug-likeness (QED) is 0.473. The first-order valence-corrected chi connectivity index (χ1v) is 14.4. The summed E-state index contributed by atoms with van der Waals surface area (Å²) in [6, 6.07) is -0.518. The molecule has 0 spiro atoms. The molecule has 0 bridgehead atoms. The van der Waals surface area contributed by atoms with E-state index < -0.39 is 11.6 Å². The van der Waals surface area contributed by atoms with Crippen molar-refractivity contribution in [3.63, 3.8) is 0 Å². The zero-order chi connectivity index (χ0) is 26.5. The Labute approximate surface area is 218 Å². The molecule has 4 rings (SSSR count). The maximum absolute atomic E-state index is 12.8. The van der Waals surface area contributed by atoms with E-state index in [9.17, 15) is 14.4 Å². The lowest BCUT2D eigenvalue weighted by atomic mass is 9.44. The van der Waals surface area contributed by atoms with E-state index in [-0.39, 0.29) is 41.1 Å². The summed E-state index contributed by atoms with van der Waals surface area (Å²) >= 11 is 0. The molecular weight excluding hydrogens is 454 g/mol. The van der Waals surface area contributed by atoms with Crippen LogP contribution >= 0.6 is 0 Å². The molecule has 4 aliphatic carbocycles. The molecule has 0 unspecified atom stereocenters. The van der Waals surface area contributed by atoms with Crippen LogP contribution in [0.2, 0.25) is 0 Å². The summed E-state index contributed by atoms with van der Waals surface area (Å²) in [5.74, 6) is 2.73. The van der Waals surface area contributed by atoms with Gasteiger partial charge in [0, 0.05) is 5.92 Å². The van der Waals surface area contributed by atoms with Crippen LogP contribution in [0.4, 0.5) is 0 Å². The number of hydrogen-bond donors (Lipinski definition) is 1. The third kappa shape index (κ3) is 4.76. The summed E-state index contributed by atoms with van der Waals surface area (Å²) in [7, 11) is 1.37. The van der Waals surface area contributed by atoms with E-state index in [1.54, 1.807) is 6.92 Å². The Kier molecular flexibility index (Phi) is 7.69. The van der Waals surface area contributed by atoms with Gasteiger partial charge in [-0.15, -0.1) is 0 Å². The van der Waals surface area contributed by atoms with Crippen molar-refractivity contribution in [2.24, 2.45) is 46.3 Å². The lowest BCUT2D eigenvalue weighted by molar-refractivity contribution is -0.180. The van der Waals surface area contributed by atoms with Crippen molar-refractivity contribution in [1.82, 2.24) is 5.32 Å². The molecule has 36 heavy (non-hydrogen) atoms. The summed E-state index contributed by atoms with van der Waals surface area (Å²) in [5, 5.41) is 3.04. The first-order valence-electron chi connectivity index (χ1n) is 14.4. The van der Waals surface area contributed by atoms with Crippen LogP contribution in [-0.4, -0.2) is 43.0 Å². The summed E-state index contributed by atoms with van der Waals surface area (Å²) < 4.78 is 11.0. The topological polar surface area (TPSA) is 81.7 Å². The highest BCUT2D eigenvalue weighted by Crippen LogP contribution is 2.68. The van der Waals surface area contributed by atoms with Gasteiger partial charge in [0.15, 0.2) is 0 Å². The normalized spacial score (nSPS) is 42.6. The molecule has 0 aliphatic heterocycles. The van der Waals surface area contributed by atoms with Crippen LogP contribution < -0.4 is 5.32 Å². The molecule has 0 aromatic carbocycles. The number of esters is 2. The Morgan fingerprint density at radius 3 is 2.25 bits per heavy atom. The molecule has 6 heteroatoms.